The molecule has 1 aromatic heterocycles. The van der Waals surface area contributed by atoms with Gasteiger partial charge in [0.25, 0.3) is 0 Å². The van der Waals surface area contributed by atoms with Gasteiger partial charge in [0.15, 0.2) is 5.16 Å². The molecule has 0 unspecified atom stereocenters. The Balaban J connectivity index is 2.34. The molecule has 0 aliphatic heterocycles. The number of nitrogens with one attached hydrogen (secondary N) is 1. The zero-order valence-electron chi connectivity index (χ0n) is 8.40. The van der Waals surface area contributed by atoms with E-state index < -0.39 is 5.82 Å². The van der Waals surface area contributed by atoms with E-state index in [0.717, 1.165) is 11.8 Å². The van der Waals surface area contributed by atoms with Gasteiger partial charge in [0.05, 0.1) is 0 Å². The lowest BCUT2D eigenvalue weighted by Crippen LogP contribution is -2.12. The van der Waals surface area contributed by atoms with Gasteiger partial charge in [-0.1, -0.05) is 0 Å². The normalized spacial score (nSPS) is 10.6. The largest absolute Gasteiger partial charge is 0.399 e. The number of nitrogen functional groups attached to an aromatic ring is 1. The van der Waals surface area contributed by atoms with Crippen LogP contribution in [0.15, 0.2) is 33.0 Å². The second kappa shape index (κ2) is 4.01. The molecule has 2 aromatic rings. The molecule has 0 saturated carbocycles. The Kier molecular flexibility index (Phi) is 2.69. The summed E-state index contributed by atoms with van der Waals surface area (Å²) in [6, 6.07) is 4.18. The lowest BCUT2D eigenvalue weighted by Gasteiger charge is -2.01. The second-order valence-corrected chi connectivity index (χ2v) is 4.23. The van der Waals surface area contributed by atoms with Gasteiger partial charge >= 0.3 is 5.69 Å². The number of aromatic nitrogens is 3. The summed E-state index contributed by atoms with van der Waals surface area (Å²) in [6.45, 7) is 0. The van der Waals surface area contributed by atoms with E-state index in [1.165, 1.54) is 16.7 Å². The average molecular weight is 240 g/mol. The monoisotopic (exact) mass is 240 g/mol. The fourth-order valence-corrected chi connectivity index (χ4v) is 2.06. The highest BCUT2D eigenvalue weighted by Crippen LogP contribution is 2.26. The maximum absolute atomic E-state index is 13.0. The van der Waals surface area contributed by atoms with Gasteiger partial charge in [-0.05, 0) is 30.0 Å². The van der Waals surface area contributed by atoms with E-state index in [1.54, 1.807) is 13.1 Å². The first-order valence-electron chi connectivity index (χ1n) is 4.41. The van der Waals surface area contributed by atoms with Crippen molar-refractivity contribution < 1.29 is 4.39 Å². The molecule has 0 saturated heterocycles. The first-order valence-corrected chi connectivity index (χ1v) is 5.23. The summed E-state index contributed by atoms with van der Waals surface area (Å²) in [5.41, 5.74) is 5.53. The Morgan fingerprint density at radius 3 is 2.81 bits per heavy atom. The molecule has 5 nitrogen and oxygen atoms in total. The number of rotatable bonds is 2. The lowest BCUT2D eigenvalue weighted by molar-refractivity contribution is 0.625. The number of anilines is 1. The summed E-state index contributed by atoms with van der Waals surface area (Å²) in [7, 11) is 1.58. The van der Waals surface area contributed by atoms with Crippen LogP contribution in [0.3, 0.4) is 0 Å². The van der Waals surface area contributed by atoms with E-state index in [2.05, 4.69) is 10.2 Å². The summed E-state index contributed by atoms with van der Waals surface area (Å²) < 4.78 is 14.4. The van der Waals surface area contributed by atoms with Crippen LogP contribution in [0.5, 0.6) is 0 Å². The number of nitrogens with two attached hydrogens (primary N) is 1. The van der Waals surface area contributed by atoms with E-state index in [9.17, 15) is 9.18 Å². The molecule has 1 aromatic carbocycles. The fourth-order valence-electron chi connectivity index (χ4n) is 1.17. The van der Waals surface area contributed by atoms with Gasteiger partial charge in [0.2, 0.25) is 0 Å². The zero-order valence-corrected chi connectivity index (χ0v) is 9.21. The van der Waals surface area contributed by atoms with Crippen LogP contribution in [0.25, 0.3) is 0 Å². The van der Waals surface area contributed by atoms with Gasteiger partial charge in [-0.25, -0.2) is 14.3 Å². The van der Waals surface area contributed by atoms with Gasteiger partial charge in [-0.2, -0.15) is 0 Å². The van der Waals surface area contributed by atoms with E-state index >= 15 is 0 Å². The van der Waals surface area contributed by atoms with Crippen LogP contribution >= 0.6 is 11.8 Å². The minimum absolute atomic E-state index is 0.313. The highest BCUT2D eigenvalue weighted by atomic mass is 32.2. The summed E-state index contributed by atoms with van der Waals surface area (Å²) in [4.78, 5) is 11.7. The molecule has 0 bridgehead atoms. The van der Waals surface area contributed by atoms with Crippen molar-refractivity contribution in [1.82, 2.24) is 14.8 Å². The van der Waals surface area contributed by atoms with Crippen molar-refractivity contribution >= 4 is 17.4 Å². The van der Waals surface area contributed by atoms with Gasteiger partial charge in [-0.3, -0.25) is 4.57 Å². The standard InChI is InChI=1S/C9H9FN4OS/c1-14-8(15)12-13-9(14)16-7-3-5(10)2-6(11)4-7/h2-4H,11H2,1H3,(H,12,15). The van der Waals surface area contributed by atoms with Crippen molar-refractivity contribution in [3.63, 3.8) is 0 Å². The molecule has 0 aliphatic carbocycles. The topological polar surface area (TPSA) is 76.7 Å². The fraction of sp³-hybridized carbons (Fsp3) is 0.111. The number of halogens is 1. The van der Waals surface area contributed by atoms with Gasteiger partial charge in [0, 0.05) is 17.6 Å². The van der Waals surface area contributed by atoms with Crippen molar-refractivity contribution in [3.05, 3.63) is 34.5 Å². The van der Waals surface area contributed by atoms with Crippen LogP contribution in [0.1, 0.15) is 0 Å². The third kappa shape index (κ3) is 2.08. The minimum Gasteiger partial charge on any atom is -0.399 e. The van der Waals surface area contributed by atoms with E-state index in [-0.39, 0.29) is 5.69 Å². The summed E-state index contributed by atoms with van der Waals surface area (Å²) >= 11 is 1.16. The second-order valence-electron chi connectivity index (χ2n) is 3.19. The third-order valence-electron chi connectivity index (χ3n) is 1.94. The van der Waals surface area contributed by atoms with E-state index in [1.807, 2.05) is 0 Å². The third-order valence-corrected chi connectivity index (χ3v) is 2.96. The highest BCUT2D eigenvalue weighted by molar-refractivity contribution is 7.99. The van der Waals surface area contributed by atoms with Crippen molar-refractivity contribution in [1.29, 1.82) is 0 Å². The molecular formula is C9H9FN4OS. The van der Waals surface area contributed by atoms with Crippen LogP contribution in [0.4, 0.5) is 10.1 Å². The number of benzene rings is 1. The molecule has 0 fully saturated rings. The van der Waals surface area contributed by atoms with Crippen molar-refractivity contribution in [2.24, 2.45) is 7.05 Å². The van der Waals surface area contributed by atoms with Crippen LogP contribution in [0, 0.1) is 5.82 Å². The number of hydrogen-bond acceptors (Lipinski definition) is 4. The van der Waals surface area contributed by atoms with Gasteiger partial charge in [-0.15, -0.1) is 5.10 Å². The molecule has 0 radical (unpaired) electrons. The molecule has 3 N–H and O–H groups in total. The maximum atomic E-state index is 13.0. The predicted molar refractivity (Wildman–Crippen MR) is 58.8 cm³/mol. The van der Waals surface area contributed by atoms with Crippen LogP contribution in [0.2, 0.25) is 0 Å². The summed E-state index contributed by atoms with van der Waals surface area (Å²) in [5.74, 6) is -0.414. The molecule has 16 heavy (non-hydrogen) atoms. The Bertz CT molecular complexity index is 557. The Hall–Kier alpha value is -1.76. The number of hydrogen-bond donors (Lipinski definition) is 2. The molecule has 0 amide bonds. The molecule has 2 rings (SSSR count). The average Bonchev–Trinajstić information content (AvgIpc) is 2.48. The number of aromatic amines is 1. The van der Waals surface area contributed by atoms with E-state index in [4.69, 9.17) is 5.73 Å². The van der Waals surface area contributed by atoms with E-state index in [0.29, 0.717) is 15.7 Å². The quantitative estimate of drug-likeness (QED) is 0.767. The highest BCUT2D eigenvalue weighted by Gasteiger charge is 2.07. The summed E-state index contributed by atoms with van der Waals surface area (Å²) in [6.07, 6.45) is 0. The maximum Gasteiger partial charge on any atom is 0.343 e. The first kappa shape index (κ1) is 10.7. The molecule has 0 atom stereocenters. The Labute approximate surface area is 94.5 Å². The molecule has 0 aliphatic rings. The van der Waals surface area contributed by atoms with Crippen LogP contribution in [-0.2, 0) is 7.05 Å². The predicted octanol–water partition coefficient (Wildman–Crippen LogP) is 0.981. The van der Waals surface area contributed by atoms with Crippen molar-refractivity contribution in [2.75, 3.05) is 5.73 Å². The Morgan fingerprint density at radius 1 is 1.50 bits per heavy atom. The van der Waals surface area contributed by atoms with Gasteiger partial charge in [0.1, 0.15) is 5.82 Å². The molecule has 0 spiro atoms. The molecule has 84 valence electrons. The zero-order chi connectivity index (χ0) is 11.7. The first-order chi connectivity index (χ1) is 7.56. The molecule has 7 heteroatoms. The van der Waals surface area contributed by atoms with Crippen LogP contribution in [-0.4, -0.2) is 14.8 Å². The molecule has 1 heterocycles. The summed E-state index contributed by atoms with van der Waals surface area (Å²) in [5, 5.41) is 6.55. The number of H-pyrrole nitrogens is 1. The Morgan fingerprint density at radius 2 is 2.25 bits per heavy atom. The van der Waals surface area contributed by atoms with Gasteiger partial charge < -0.3 is 5.73 Å². The minimum atomic E-state index is -0.414. The van der Waals surface area contributed by atoms with Crippen molar-refractivity contribution in [3.8, 4) is 0 Å². The smallest absolute Gasteiger partial charge is 0.343 e. The SMILES string of the molecule is Cn1c(Sc2cc(N)cc(F)c2)n[nH]c1=O. The lowest BCUT2D eigenvalue weighted by atomic mass is 10.3. The van der Waals surface area contributed by atoms with Crippen LogP contribution < -0.4 is 11.4 Å². The van der Waals surface area contributed by atoms with Crippen molar-refractivity contribution in [2.45, 2.75) is 10.1 Å². The number of nitrogens with zero attached hydrogens (tertiary/aromatic N) is 2. The molecular weight excluding hydrogens is 231 g/mol.